The molecule has 3 atom stereocenters. The molecule has 1 fully saturated rings. The fraction of sp³-hybridized carbons (Fsp3) is 0.381. The molecule has 0 amide bonds. The molecule has 0 saturated carbocycles. The van der Waals surface area contributed by atoms with Crippen LogP contribution in [0.1, 0.15) is 46.3 Å². The second-order valence-electron chi connectivity index (χ2n) is 7.51. The molecule has 0 aromatic heterocycles. The number of likely N-dealkylation sites (N-methyl/N-ethyl adjacent to an activating group) is 1. The van der Waals surface area contributed by atoms with E-state index in [1.807, 2.05) is 18.0 Å². The van der Waals surface area contributed by atoms with Crippen molar-refractivity contribution in [2.45, 2.75) is 31.0 Å². The van der Waals surface area contributed by atoms with Crippen molar-refractivity contribution in [3.8, 4) is 17.2 Å². The lowest BCUT2D eigenvalue weighted by atomic mass is 9.83. The molecule has 2 aromatic rings. The SMILES string of the molecule is CN1CC[C@H](c2c(O)cc(O)c3c2OC(c2ccccc2Cl)CC3=O)[C@H](O)C1. The largest absolute Gasteiger partial charge is 0.507 e. The van der Waals surface area contributed by atoms with Crippen molar-refractivity contribution in [2.24, 2.45) is 0 Å². The second kappa shape index (κ2) is 7.28. The smallest absolute Gasteiger partial charge is 0.174 e. The van der Waals surface area contributed by atoms with E-state index in [1.165, 1.54) is 0 Å². The lowest BCUT2D eigenvalue weighted by Crippen LogP contribution is -2.40. The predicted octanol–water partition coefficient (Wildman–Crippen LogP) is 3.24. The van der Waals surface area contributed by atoms with Gasteiger partial charge in [0.25, 0.3) is 0 Å². The lowest BCUT2D eigenvalue weighted by molar-refractivity contribution is 0.0592. The van der Waals surface area contributed by atoms with E-state index in [1.54, 1.807) is 18.2 Å². The Balaban J connectivity index is 1.82. The first-order valence-electron chi connectivity index (χ1n) is 9.26. The molecule has 6 nitrogen and oxygen atoms in total. The number of hydrogen-bond acceptors (Lipinski definition) is 6. The van der Waals surface area contributed by atoms with Crippen LogP contribution in [-0.4, -0.2) is 52.2 Å². The van der Waals surface area contributed by atoms with Gasteiger partial charge in [-0.15, -0.1) is 0 Å². The Bertz CT molecular complexity index is 931. The monoisotopic (exact) mass is 403 g/mol. The number of ether oxygens (including phenoxy) is 1. The highest BCUT2D eigenvalue weighted by molar-refractivity contribution is 6.31. The molecule has 1 unspecified atom stereocenters. The number of phenols is 2. The average Bonchev–Trinajstić information content (AvgIpc) is 2.63. The van der Waals surface area contributed by atoms with E-state index in [4.69, 9.17) is 16.3 Å². The number of carbonyl (C=O) groups is 1. The molecule has 4 rings (SSSR count). The van der Waals surface area contributed by atoms with Crippen molar-refractivity contribution < 1.29 is 24.9 Å². The Morgan fingerprint density at radius 1 is 1.21 bits per heavy atom. The third kappa shape index (κ3) is 3.21. The molecule has 148 valence electrons. The molecule has 2 aliphatic rings. The Hall–Kier alpha value is -2.28. The van der Waals surface area contributed by atoms with Crippen LogP contribution in [0.25, 0.3) is 0 Å². The van der Waals surface area contributed by atoms with Gasteiger partial charge in [-0.2, -0.15) is 0 Å². The number of halogens is 1. The molecule has 2 heterocycles. The lowest BCUT2D eigenvalue weighted by Gasteiger charge is -2.37. The second-order valence-corrected chi connectivity index (χ2v) is 7.92. The standard InChI is InChI=1S/C21H22ClNO5/c1-23-7-6-12(17(27)10-23)19-14(24)8-15(25)20-16(26)9-18(28-21(19)20)11-4-2-3-5-13(11)22/h2-5,8,12,17-18,24-25,27H,6-7,9-10H2,1H3/t12-,17+,18?/m0/s1. The first kappa shape index (κ1) is 19.1. The van der Waals surface area contributed by atoms with E-state index < -0.39 is 18.1 Å². The van der Waals surface area contributed by atoms with Crippen molar-refractivity contribution in [1.29, 1.82) is 0 Å². The van der Waals surface area contributed by atoms with Crippen LogP contribution in [-0.2, 0) is 0 Å². The van der Waals surface area contributed by atoms with Crippen molar-refractivity contribution in [1.82, 2.24) is 4.90 Å². The number of nitrogens with zero attached hydrogens (tertiary/aromatic N) is 1. The number of aliphatic hydroxyl groups excluding tert-OH is 1. The van der Waals surface area contributed by atoms with Crippen molar-refractivity contribution >= 4 is 17.4 Å². The number of fused-ring (bicyclic) bond motifs is 1. The number of aliphatic hydroxyl groups is 1. The first-order chi connectivity index (χ1) is 13.4. The van der Waals surface area contributed by atoms with Gasteiger partial charge in [0.1, 0.15) is 28.9 Å². The first-order valence-corrected chi connectivity index (χ1v) is 9.64. The third-order valence-corrected chi connectivity index (χ3v) is 5.94. The highest BCUT2D eigenvalue weighted by Gasteiger charge is 2.39. The van der Waals surface area contributed by atoms with Crippen molar-refractivity contribution in [2.75, 3.05) is 20.1 Å². The van der Waals surface area contributed by atoms with E-state index in [9.17, 15) is 20.1 Å². The van der Waals surface area contributed by atoms with Crippen LogP contribution in [0.3, 0.4) is 0 Å². The quantitative estimate of drug-likeness (QED) is 0.713. The molecular weight excluding hydrogens is 382 g/mol. The number of carbonyl (C=O) groups excluding carboxylic acids is 1. The predicted molar refractivity (Wildman–Crippen MR) is 104 cm³/mol. The zero-order chi connectivity index (χ0) is 20.0. The molecular formula is C21H22ClNO5. The summed E-state index contributed by atoms with van der Waals surface area (Å²) >= 11 is 6.29. The van der Waals surface area contributed by atoms with Gasteiger partial charge in [-0.1, -0.05) is 29.8 Å². The van der Waals surface area contributed by atoms with Gasteiger partial charge in [-0.25, -0.2) is 0 Å². The number of piperidine rings is 1. The maximum Gasteiger partial charge on any atom is 0.174 e. The third-order valence-electron chi connectivity index (χ3n) is 5.59. The van der Waals surface area contributed by atoms with Gasteiger partial charge < -0.3 is 25.0 Å². The van der Waals surface area contributed by atoms with E-state index >= 15 is 0 Å². The van der Waals surface area contributed by atoms with E-state index in [0.717, 1.165) is 12.6 Å². The summed E-state index contributed by atoms with van der Waals surface area (Å²) in [6.07, 6.45) is -0.726. The number of rotatable bonds is 2. The maximum atomic E-state index is 12.8. The summed E-state index contributed by atoms with van der Waals surface area (Å²) in [5.74, 6) is -1.04. The number of phenolic OH excluding ortho intramolecular Hbond substituents is 2. The maximum absolute atomic E-state index is 12.8. The highest BCUT2D eigenvalue weighted by Crippen LogP contribution is 2.50. The van der Waals surface area contributed by atoms with Crippen LogP contribution in [0.4, 0.5) is 0 Å². The van der Waals surface area contributed by atoms with Crippen LogP contribution in [0, 0.1) is 0 Å². The Kier molecular flexibility index (Phi) is 4.95. The van der Waals surface area contributed by atoms with Crippen LogP contribution >= 0.6 is 11.6 Å². The van der Waals surface area contributed by atoms with Gasteiger partial charge in [-0.3, -0.25) is 4.79 Å². The number of aromatic hydroxyl groups is 2. The van der Waals surface area contributed by atoms with Crippen molar-refractivity contribution in [3.05, 3.63) is 52.0 Å². The van der Waals surface area contributed by atoms with Gasteiger partial charge in [0, 0.05) is 34.7 Å². The Labute approximate surface area is 167 Å². The zero-order valence-corrected chi connectivity index (χ0v) is 16.2. The van der Waals surface area contributed by atoms with Crippen LogP contribution in [0.5, 0.6) is 17.2 Å². The summed E-state index contributed by atoms with van der Waals surface area (Å²) in [6.45, 7) is 1.18. The van der Waals surface area contributed by atoms with E-state index in [0.29, 0.717) is 29.1 Å². The van der Waals surface area contributed by atoms with Gasteiger partial charge in [0.15, 0.2) is 5.78 Å². The molecule has 1 saturated heterocycles. The van der Waals surface area contributed by atoms with E-state index in [2.05, 4.69) is 0 Å². The van der Waals surface area contributed by atoms with Gasteiger partial charge in [0.2, 0.25) is 0 Å². The molecule has 0 radical (unpaired) electrons. The van der Waals surface area contributed by atoms with Crippen LogP contribution in [0.15, 0.2) is 30.3 Å². The number of hydrogen-bond donors (Lipinski definition) is 3. The van der Waals surface area contributed by atoms with Gasteiger partial charge >= 0.3 is 0 Å². The molecule has 0 aliphatic carbocycles. The van der Waals surface area contributed by atoms with Gasteiger partial charge in [-0.05, 0) is 26.1 Å². The minimum atomic E-state index is -0.724. The number of ketones is 1. The number of β-amino-alcohol motifs (C(OH)–C–C–N with tert-alkyl or cyclic N) is 1. The molecule has 0 spiro atoms. The molecule has 7 heteroatoms. The fourth-order valence-electron chi connectivity index (χ4n) is 4.19. The number of Topliss-reactive ketones (excluding diaryl/α,β-unsaturated/α-hetero) is 1. The summed E-state index contributed by atoms with van der Waals surface area (Å²) in [6, 6.07) is 8.28. The van der Waals surface area contributed by atoms with Crippen LogP contribution < -0.4 is 4.74 Å². The minimum Gasteiger partial charge on any atom is -0.507 e. The molecule has 28 heavy (non-hydrogen) atoms. The summed E-state index contributed by atoms with van der Waals surface area (Å²) in [4.78, 5) is 14.8. The van der Waals surface area contributed by atoms with E-state index in [-0.39, 0.29) is 35.0 Å². The van der Waals surface area contributed by atoms with Crippen molar-refractivity contribution in [3.63, 3.8) is 0 Å². The number of likely N-dealkylation sites (tertiary alicyclic amines) is 1. The van der Waals surface area contributed by atoms with Gasteiger partial charge in [0.05, 0.1) is 12.5 Å². The molecule has 2 aliphatic heterocycles. The summed E-state index contributed by atoms with van der Waals surface area (Å²) < 4.78 is 6.14. The normalized spacial score (nSPS) is 25.2. The highest BCUT2D eigenvalue weighted by atomic mass is 35.5. The summed E-state index contributed by atoms with van der Waals surface area (Å²) in [5.41, 5.74) is 1.10. The topological polar surface area (TPSA) is 90.2 Å². The molecule has 3 N–H and O–H groups in total. The summed E-state index contributed by atoms with van der Waals surface area (Å²) in [7, 11) is 1.92. The zero-order valence-electron chi connectivity index (χ0n) is 15.4. The molecule has 0 bridgehead atoms. The number of benzene rings is 2. The Morgan fingerprint density at radius 3 is 2.68 bits per heavy atom. The fourth-order valence-corrected chi connectivity index (χ4v) is 4.44. The average molecular weight is 404 g/mol. The minimum absolute atomic E-state index is 0.0322. The molecule has 2 aromatic carbocycles. The Morgan fingerprint density at radius 2 is 1.96 bits per heavy atom. The summed E-state index contributed by atoms with van der Waals surface area (Å²) in [5, 5.41) is 32.0. The van der Waals surface area contributed by atoms with Crippen LogP contribution in [0.2, 0.25) is 5.02 Å².